The number of alkyl halides is 3. The molecule has 2 N–H and O–H groups in total. The minimum Gasteiger partial charge on any atom is -0.492 e. The van der Waals surface area contributed by atoms with Gasteiger partial charge in [-0.05, 0) is 42.0 Å². The van der Waals surface area contributed by atoms with Gasteiger partial charge in [-0.25, -0.2) is 12.8 Å². The van der Waals surface area contributed by atoms with Crippen LogP contribution in [0.5, 0.6) is 5.75 Å². The number of aliphatic imine (C=N–C) groups is 1. The second-order valence-electron chi connectivity index (χ2n) is 6.24. The van der Waals surface area contributed by atoms with Crippen molar-refractivity contribution < 1.29 is 30.7 Å². The summed E-state index contributed by atoms with van der Waals surface area (Å²) in [5.74, 6) is -0.257. The van der Waals surface area contributed by atoms with Crippen molar-refractivity contribution in [3.05, 3.63) is 59.4 Å². The van der Waals surface area contributed by atoms with Crippen LogP contribution in [0.25, 0.3) is 0 Å². The molecule has 0 aliphatic rings. The minimum atomic E-state index is -4.67. The average molecular weight is 575 g/mol. The first-order valence-corrected chi connectivity index (χ1v) is 10.6. The number of sulfone groups is 1. The number of ether oxygens (including phenoxy) is 1. The molecule has 2 aromatic carbocycles. The van der Waals surface area contributed by atoms with E-state index >= 15 is 0 Å². The number of hydrogen-bond donors (Lipinski definition) is 2. The van der Waals surface area contributed by atoms with E-state index in [-0.39, 0.29) is 60.1 Å². The largest absolute Gasteiger partial charge is 0.492 e. The molecule has 0 spiro atoms. The van der Waals surface area contributed by atoms with Crippen molar-refractivity contribution in [2.75, 3.05) is 26.5 Å². The van der Waals surface area contributed by atoms with Crippen LogP contribution in [0.4, 0.5) is 17.6 Å². The number of nitrogens with one attached hydrogen (secondary N) is 2. The highest BCUT2D eigenvalue weighted by atomic mass is 127. The predicted octanol–water partition coefficient (Wildman–Crippen LogP) is 3.61. The molecule has 0 aromatic heterocycles. The molecule has 0 amide bonds. The third kappa shape index (κ3) is 8.51. The molecule has 0 aliphatic heterocycles. The fourth-order valence-electron chi connectivity index (χ4n) is 2.49. The van der Waals surface area contributed by atoms with E-state index in [4.69, 9.17) is 4.74 Å². The Hall–Kier alpha value is -2.09. The molecule has 0 heterocycles. The average Bonchev–Trinajstić information content (AvgIpc) is 2.67. The monoisotopic (exact) mass is 575 g/mol. The molecule has 0 aliphatic carbocycles. The molecule has 0 saturated heterocycles. The smallest absolute Gasteiger partial charge is 0.416 e. The van der Waals surface area contributed by atoms with E-state index in [1.807, 2.05) is 0 Å². The van der Waals surface area contributed by atoms with Crippen molar-refractivity contribution in [3.63, 3.8) is 0 Å². The van der Waals surface area contributed by atoms with Gasteiger partial charge < -0.3 is 15.4 Å². The van der Waals surface area contributed by atoms with Crippen molar-refractivity contribution in [3.8, 4) is 5.75 Å². The molecule has 0 bridgehead atoms. The third-order valence-corrected chi connectivity index (χ3v) is 5.09. The van der Waals surface area contributed by atoms with Crippen LogP contribution < -0.4 is 15.4 Å². The molecule has 31 heavy (non-hydrogen) atoms. The lowest BCUT2D eigenvalue weighted by atomic mass is 10.1. The summed E-state index contributed by atoms with van der Waals surface area (Å²) in [5.41, 5.74) is -1.17. The molecule has 0 atom stereocenters. The van der Waals surface area contributed by atoms with Crippen LogP contribution in [0, 0.1) is 5.82 Å². The number of halogens is 5. The van der Waals surface area contributed by atoms with Crippen LogP contribution in [0.2, 0.25) is 0 Å². The Morgan fingerprint density at radius 2 is 1.74 bits per heavy atom. The number of hydrogen-bond acceptors (Lipinski definition) is 4. The summed E-state index contributed by atoms with van der Waals surface area (Å²) in [5, 5.41) is 5.61. The Morgan fingerprint density at radius 1 is 1.10 bits per heavy atom. The Balaban J connectivity index is 0.00000480. The number of nitrogens with zero attached hydrogens (tertiary/aromatic N) is 1. The summed E-state index contributed by atoms with van der Waals surface area (Å²) in [6.45, 7) is 0.273. The van der Waals surface area contributed by atoms with Gasteiger partial charge in [0.05, 0.1) is 17.0 Å². The zero-order valence-electron chi connectivity index (χ0n) is 16.7. The summed E-state index contributed by atoms with van der Waals surface area (Å²) in [7, 11) is -1.83. The highest BCUT2D eigenvalue weighted by Crippen LogP contribution is 2.32. The van der Waals surface area contributed by atoms with Gasteiger partial charge in [0.1, 0.15) is 18.2 Å². The van der Waals surface area contributed by atoms with Gasteiger partial charge in [0.2, 0.25) is 0 Å². The molecule has 0 radical (unpaired) electrons. The highest BCUT2D eigenvalue weighted by molar-refractivity contribution is 14.0. The lowest BCUT2D eigenvalue weighted by Gasteiger charge is -2.16. The van der Waals surface area contributed by atoms with Gasteiger partial charge in [-0.2, -0.15) is 13.2 Å². The van der Waals surface area contributed by atoms with Crippen LogP contribution in [-0.4, -0.2) is 40.8 Å². The van der Waals surface area contributed by atoms with Gasteiger partial charge in [-0.15, -0.1) is 24.0 Å². The van der Waals surface area contributed by atoms with E-state index in [9.17, 15) is 26.0 Å². The van der Waals surface area contributed by atoms with Gasteiger partial charge >= 0.3 is 6.18 Å². The van der Waals surface area contributed by atoms with Gasteiger partial charge in [-0.3, -0.25) is 4.99 Å². The summed E-state index contributed by atoms with van der Waals surface area (Å²) in [4.78, 5) is 4.09. The quantitative estimate of drug-likeness (QED) is 0.174. The van der Waals surface area contributed by atoms with E-state index in [1.165, 1.54) is 31.3 Å². The molecular formula is C19H22F4IN3O3S. The number of rotatable bonds is 7. The highest BCUT2D eigenvalue weighted by Gasteiger charge is 2.33. The normalized spacial score (nSPS) is 12.1. The maximum atomic E-state index is 13.2. The van der Waals surface area contributed by atoms with Crippen LogP contribution in [-0.2, 0) is 22.6 Å². The SMILES string of the molecule is CN=C(NCCOc1ccc(S(C)(=O)=O)cc1)NCc1ccc(F)cc1C(F)(F)F.I. The van der Waals surface area contributed by atoms with E-state index < -0.39 is 27.4 Å². The summed E-state index contributed by atoms with van der Waals surface area (Å²) >= 11 is 0. The van der Waals surface area contributed by atoms with E-state index in [1.54, 1.807) is 0 Å². The Morgan fingerprint density at radius 3 is 2.29 bits per heavy atom. The predicted molar refractivity (Wildman–Crippen MR) is 120 cm³/mol. The molecule has 6 nitrogen and oxygen atoms in total. The van der Waals surface area contributed by atoms with Gasteiger partial charge in [-0.1, -0.05) is 6.07 Å². The van der Waals surface area contributed by atoms with E-state index in [0.29, 0.717) is 11.8 Å². The van der Waals surface area contributed by atoms with Crippen LogP contribution in [0.15, 0.2) is 52.4 Å². The topological polar surface area (TPSA) is 79.8 Å². The first-order valence-electron chi connectivity index (χ1n) is 8.74. The first kappa shape index (κ1) is 26.9. The lowest BCUT2D eigenvalue weighted by molar-refractivity contribution is -0.138. The zero-order chi connectivity index (χ0) is 22.4. The maximum absolute atomic E-state index is 13.2. The molecule has 0 fully saturated rings. The van der Waals surface area contributed by atoms with Gasteiger partial charge in [0.15, 0.2) is 15.8 Å². The van der Waals surface area contributed by atoms with Crippen molar-refractivity contribution in [2.45, 2.75) is 17.6 Å². The van der Waals surface area contributed by atoms with Crippen molar-refractivity contribution in [2.24, 2.45) is 4.99 Å². The Bertz CT molecular complexity index is 997. The van der Waals surface area contributed by atoms with E-state index in [0.717, 1.165) is 18.4 Å². The molecule has 2 aromatic rings. The minimum absolute atomic E-state index is 0. The van der Waals surface area contributed by atoms with Gasteiger partial charge in [0, 0.05) is 19.8 Å². The van der Waals surface area contributed by atoms with Crippen LogP contribution >= 0.6 is 24.0 Å². The lowest BCUT2D eigenvalue weighted by Crippen LogP contribution is -2.39. The van der Waals surface area contributed by atoms with Gasteiger partial charge in [0.25, 0.3) is 0 Å². The molecule has 0 unspecified atom stereocenters. The summed E-state index contributed by atoms with van der Waals surface area (Å²) in [6, 6.07) is 8.40. The molecule has 2 rings (SSSR count). The number of benzene rings is 2. The first-order chi connectivity index (χ1) is 14.0. The molecular weight excluding hydrogens is 553 g/mol. The fourth-order valence-corrected chi connectivity index (χ4v) is 3.12. The maximum Gasteiger partial charge on any atom is 0.416 e. The van der Waals surface area contributed by atoms with Crippen LogP contribution in [0.1, 0.15) is 11.1 Å². The summed E-state index contributed by atoms with van der Waals surface area (Å²) < 4.78 is 80.6. The fraction of sp³-hybridized carbons (Fsp3) is 0.316. The summed E-state index contributed by atoms with van der Waals surface area (Å²) in [6.07, 6.45) is -3.56. The molecule has 0 saturated carbocycles. The van der Waals surface area contributed by atoms with Crippen molar-refractivity contribution >= 4 is 39.8 Å². The Kier molecular flexibility index (Phi) is 10.0. The third-order valence-electron chi connectivity index (χ3n) is 3.96. The van der Waals surface area contributed by atoms with Crippen molar-refractivity contribution in [1.82, 2.24) is 10.6 Å². The number of guanidine groups is 1. The Labute approximate surface area is 195 Å². The second kappa shape index (κ2) is 11.5. The van der Waals surface area contributed by atoms with Crippen molar-refractivity contribution in [1.29, 1.82) is 0 Å². The molecule has 12 heteroatoms. The molecule has 172 valence electrons. The van der Waals surface area contributed by atoms with Crippen LogP contribution in [0.3, 0.4) is 0 Å². The van der Waals surface area contributed by atoms with E-state index in [2.05, 4.69) is 15.6 Å². The second-order valence-corrected chi connectivity index (χ2v) is 8.26. The standard InChI is InChI=1S/C19H21F4N3O3S.HI/c1-24-18(26-12-13-3-4-14(20)11-17(13)19(21,22)23)25-9-10-29-15-5-7-16(8-6-15)30(2,27)28;/h3-8,11H,9-10,12H2,1-2H3,(H2,24,25,26);1H. The zero-order valence-corrected chi connectivity index (χ0v) is 19.8.